The van der Waals surface area contributed by atoms with Gasteiger partial charge in [-0.1, -0.05) is 0 Å². The summed E-state index contributed by atoms with van der Waals surface area (Å²) in [5, 5.41) is 16.8. The van der Waals surface area contributed by atoms with Crippen LogP contribution in [0.25, 0.3) is 11.1 Å². The number of amides is 2. The van der Waals surface area contributed by atoms with Gasteiger partial charge in [0.2, 0.25) is 5.91 Å². The van der Waals surface area contributed by atoms with E-state index in [9.17, 15) is 9.59 Å². The second kappa shape index (κ2) is 12.0. The van der Waals surface area contributed by atoms with Crippen LogP contribution in [0.2, 0.25) is 0 Å². The average Bonchev–Trinajstić information content (AvgIpc) is 3.44. The SMILES string of the molecule is CCn1nccc1C(=O)NC(CCCC(Cl)Cl)C(=O)Nc1ncc(-c2c(C)n[nH]c2C)cc1OC. The summed E-state index contributed by atoms with van der Waals surface area (Å²) in [5.74, 6) is -0.216. The molecule has 3 heterocycles. The van der Waals surface area contributed by atoms with Crippen LogP contribution in [0.5, 0.6) is 5.75 Å². The zero-order valence-electron chi connectivity index (χ0n) is 20.1. The first-order valence-electron chi connectivity index (χ1n) is 11.2. The van der Waals surface area contributed by atoms with Crippen molar-refractivity contribution in [1.29, 1.82) is 0 Å². The van der Waals surface area contributed by atoms with Crippen molar-refractivity contribution in [3.8, 4) is 16.9 Å². The van der Waals surface area contributed by atoms with Crippen LogP contribution in [0.4, 0.5) is 5.82 Å². The summed E-state index contributed by atoms with van der Waals surface area (Å²) in [6, 6.07) is 2.54. The lowest BCUT2D eigenvalue weighted by Gasteiger charge is -2.19. The van der Waals surface area contributed by atoms with Crippen LogP contribution in [0, 0.1) is 13.8 Å². The Morgan fingerprint density at radius 1 is 1.26 bits per heavy atom. The number of ether oxygens (including phenoxy) is 1. The number of hydrogen-bond donors (Lipinski definition) is 3. The molecule has 2 amide bonds. The van der Waals surface area contributed by atoms with Crippen LogP contribution >= 0.6 is 23.2 Å². The van der Waals surface area contributed by atoms with Gasteiger partial charge in [-0.3, -0.25) is 19.4 Å². The molecule has 1 atom stereocenters. The summed E-state index contributed by atoms with van der Waals surface area (Å²) in [4.78, 5) is 29.9. The number of pyridine rings is 1. The molecule has 12 heteroatoms. The number of aromatic amines is 1. The lowest BCUT2D eigenvalue weighted by Crippen LogP contribution is -2.44. The number of methoxy groups -OCH3 is 1. The highest BCUT2D eigenvalue weighted by Gasteiger charge is 2.25. The van der Waals surface area contributed by atoms with E-state index < -0.39 is 22.7 Å². The number of hydrogen-bond acceptors (Lipinski definition) is 6. The van der Waals surface area contributed by atoms with Gasteiger partial charge >= 0.3 is 0 Å². The fraction of sp³-hybridized carbons (Fsp3) is 0.435. The first-order valence-corrected chi connectivity index (χ1v) is 12.1. The molecule has 1 unspecified atom stereocenters. The van der Waals surface area contributed by atoms with Crippen LogP contribution in [0.3, 0.4) is 0 Å². The van der Waals surface area contributed by atoms with E-state index >= 15 is 0 Å². The number of aromatic nitrogens is 5. The van der Waals surface area contributed by atoms with Crippen LogP contribution in [-0.2, 0) is 11.3 Å². The summed E-state index contributed by atoms with van der Waals surface area (Å²) in [6.07, 6.45) is 4.53. The van der Waals surface area contributed by atoms with Crippen LogP contribution in [-0.4, -0.2) is 54.8 Å². The number of nitrogens with zero attached hydrogens (tertiary/aromatic N) is 4. The van der Waals surface area contributed by atoms with Crippen molar-refractivity contribution < 1.29 is 14.3 Å². The number of halogens is 2. The Balaban J connectivity index is 1.81. The van der Waals surface area contributed by atoms with Gasteiger partial charge in [0.15, 0.2) is 11.6 Å². The Bertz CT molecular complexity index is 1160. The fourth-order valence-electron chi connectivity index (χ4n) is 3.77. The Labute approximate surface area is 213 Å². The minimum absolute atomic E-state index is 0.241. The van der Waals surface area contributed by atoms with Gasteiger partial charge < -0.3 is 15.4 Å². The second-order valence-electron chi connectivity index (χ2n) is 7.95. The third kappa shape index (κ3) is 6.52. The third-order valence-corrected chi connectivity index (χ3v) is 5.95. The van der Waals surface area contributed by atoms with E-state index in [0.29, 0.717) is 37.3 Å². The molecule has 10 nitrogen and oxygen atoms in total. The molecule has 0 aliphatic rings. The smallest absolute Gasteiger partial charge is 0.270 e. The number of carbonyl (C=O) groups is 2. The van der Waals surface area contributed by atoms with E-state index in [2.05, 4.69) is 30.9 Å². The van der Waals surface area contributed by atoms with E-state index in [4.69, 9.17) is 27.9 Å². The van der Waals surface area contributed by atoms with Gasteiger partial charge in [-0.2, -0.15) is 10.2 Å². The molecule has 0 bridgehead atoms. The number of nitrogens with one attached hydrogen (secondary N) is 3. The highest BCUT2D eigenvalue weighted by atomic mass is 35.5. The van der Waals surface area contributed by atoms with Crippen LogP contribution < -0.4 is 15.4 Å². The van der Waals surface area contributed by atoms with Crippen molar-refractivity contribution in [2.75, 3.05) is 12.4 Å². The van der Waals surface area contributed by atoms with E-state index in [0.717, 1.165) is 22.5 Å². The van der Waals surface area contributed by atoms with Crippen LogP contribution in [0.1, 0.15) is 48.1 Å². The normalized spacial score (nSPS) is 12.0. The predicted molar refractivity (Wildman–Crippen MR) is 135 cm³/mol. The molecule has 3 N–H and O–H groups in total. The minimum Gasteiger partial charge on any atom is -0.493 e. The van der Waals surface area contributed by atoms with E-state index in [1.807, 2.05) is 20.8 Å². The first-order chi connectivity index (χ1) is 16.7. The lowest BCUT2D eigenvalue weighted by molar-refractivity contribution is -0.118. The Morgan fingerprint density at radius 3 is 2.66 bits per heavy atom. The van der Waals surface area contributed by atoms with E-state index in [-0.39, 0.29) is 5.82 Å². The predicted octanol–water partition coefficient (Wildman–Crippen LogP) is 4.02. The lowest BCUT2D eigenvalue weighted by atomic mass is 10.1. The van der Waals surface area contributed by atoms with Crippen molar-refractivity contribution in [2.24, 2.45) is 0 Å². The van der Waals surface area contributed by atoms with E-state index in [1.54, 1.807) is 29.2 Å². The number of alkyl halides is 2. The molecule has 188 valence electrons. The Morgan fingerprint density at radius 2 is 2.03 bits per heavy atom. The summed E-state index contributed by atoms with van der Waals surface area (Å²) in [5.41, 5.74) is 3.81. The number of aryl methyl sites for hydroxylation is 3. The zero-order valence-corrected chi connectivity index (χ0v) is 21.6. The number of H-pyrrole nitrogens is 1. The van der Waals surface area contributed by atoms with E-state index in [1.165, 1.54) is 7.11 Å². The largest absolute Gasteiger partial charge is 0.493 e. The zero-order chi connectivity index (χ0) is 25.5. The summed E-state index contributed by atoms with van der Waals surface area (Å²) < 4.78 is 7.04. The van der Waals surface area contributed by atoms with Crippen molar-refractivity contribution in [3.05, 3.63) is 41.6 Å². The van der Waals surface area contributed by atoms with Crippen molar-refractivity contribution in [1.82, 2.24) is 30.3 Å². The quantitative estimate of drug-likeness (QED) is 0.327. The molecule has 0 saturated heterocycles. The maximum absolute atomic E-state index is 13.2. The fourth-order valence-corrected chi connectivity index (χ4v) is 4.07. The van der Waals surface area contributed by atoms with Gasteiger partial charge in [0.25, 0.3) is 5.91 Å². The molecule has 3 rings (SSSR count). The molecular weight excluding hydrogens is 493 g/mol. The average molecular weight is 522 g/mol. The maximum Gasteiger partial charge on any atom is 0.270 e. The van der Waals surface area contributed by atoms with Gasteiger partial charge in [0.05, 0.1) is 12.8 Å². The maximum atomic E-state index is 13.2. The van der Waals surface area contributed by atoms with Crippen molar-refractivity contribution >= 4 is 40.8 Å². The summed E-state index contributed by atoms with van der Waals surface area (Å²) >= 11 is 11.7. The third-order valence-electron chi connectivity index (χ3n) is 5.52. The highest BCUT2D eigenvalue weighted by molar-refractivity contribution is 6.44. The molecule has 0 saturated carbocycles. The van der Waals surface area contributed by atoms with Crippen LogP contribution in [0.15, 0.2) is 24.5 Å². The molecular formula is C23H29Cl2N7O3. The number of rotatable bonds is 11. The highest BCUT2D eigenvalue weighted by Crippen LogP contribution is 2.31. The van der Waals surface area contributed by atoms with Gasteiger partial charge in [0, 0.05) is 35.8 Å². The van der Waals surface area contributed by atoms with Gasteiger partial charge in [0.1, 0.15) is 16.6 Å². The summed E-state index contributed by atoms with van der Waals surface area (Å²) in [6.45, 7) is 6.21. The molecule has 0 aliphatic carbocycles. The van der Waals surface area contributed by atoms with Gasteiger partial charge in [-0.25, -0.2) is 4.98 Å². The second-order valence-corrected chi connectivity index (χ2v) is 9.23. The molecule has 0 spiro atoms. The molecule has 0 fully saturated rings. The summed E-state index contributed by atoms with van der Waals surface area (Å²) in [7, 11) is 1.50. The Kier molecular flexibility index (Phi) is 9.11. The first kappa shape index (κ1) is 26.5. The minimum atomic E-state index is -0.848. The molecule has 0 aromatic carbocycles. The molecule has 3 aromatic rings. The standard InChI is InChI=1S/C23H29Cl2N7O3/c1-5-32-17(9-10-27-32)23(34)28-16(7-6-8-19(24)25)22(33)29-21-18(35-4)11-15(12-26-21)20-13(2)30-31-14(20)3/h9-12,16,19H,5-8H2,1-4H3,(H,28,34)(H,30,31)(H,26,29,33). The van der Waals surface area contributed by atoms with Crippen molar-refractivity contribution in [3.63, 3.8) is 0 Å². The molecule has 3 aromatic heterocycles. The van der Waals surface area contributed by atoms with Crippen molar-refractivity contribution in [2.45, 2.75) is 57.5 Å². The number of anilines is 1. The molecule has 0 radical (unpaired) electrons. The topological polar surface area (TPSA) is 127 Å². The molecule has 0 aliphatic heterocycles. The molecule has 35 heavy (non-hydrogen) atoms. The Hall–Kier alpha value is -3.11. The number of carbonyl (C=O) groups excluding carboxylic acids is 2. The monoisotopic (exact) mass is 521 g/mol. The van der Waals surface area contributed by atoms with Gasteiger partial charge in [-0.05, 0) is 52.2 Å². The van der Waals surface area contributed by atoms with Gasteiger partial charge in [-0.15, -0.1) is 23.2 Å².